The average molecular weight is 240 g/mol. The fourth-order valence-corrected chi connectivity index (χ4v) is 2.76. The molecule has 0 radical (unpaired) electrons. The molecule has 3 rings (SSSR count). The highest BCUT2D eigenvalue weighted by Gasteiger charge is 2.17. The van der Waals surface area contributed by atoms with E-state index in [1.54, 1.807) is 0 Å². The van der Waals surface area contributed by atoms with Crippen LogP contribution in [0.4, 0.5) is 0 Å². The van der Waals surface area contributed by atoms with Gasteiger partial charge in [0.2, 0.25) is 0 Å². The zero-order chi connectivity index (χ0) is 12.5. The number of nitrogens with zero attached hydrogens (tertiary/aromatic N) is 2. The van der Waals surface area contributed by atoms with Crippen molar-refractivity contribution in [1.29, 1.82) is 0 Å². The first-order valence-corrected chi connectivity index (χ1v) is 6.82. The van der Waals surface area contributed by atoms with E-state index in [4.69, 9.17) is 4.98 Å². The Labute approximate surface area is 109 Å². The van der Waals surface area contributed by atoms with Gasteiger partial charge in [-0.2, -0.15) is 0 Å². The van der Waals surface area contributed by atoms with E-state index < -0.39 is 0 Å². The number of fused-ring (bicyclic) bond motifs is 1. The van der Waals surface area contributed by atoms with Gasteiger partial charge in [-0.25, -0.2) is 4.98 Å². The molecule has 1 aliphatic heterocycles. The minimum atomic E-state index is 0.790. The van der Waals surface area contributed by atoms with Crippen LogP contribution >= 0.6 is 0 Å². The molecule has 1 atom stereocenters. The van der Waals surface area contributed by atoms with Crippen LogP contribution in [0, 0.1) is 12.8 Å². The second kappa shape index (κ2) is 4.60. The third kappa shape index (κ3) is 2.20. The Morgan fingerprint density at radius 1 is 1.33 bits per heavy atom. The quantitative estimate of drug-likeness (QED) is 0.787. The first-order valence-electron chi connectivity index (χ1n) is 6.82. The molecule has 2 heterocycles. The van der Waals surface area contributed by atoms with Crippen molar-refractivity contribution in [1.82, 2.24) is 9.55 Å². The highest BCUT2D eigenvalue weighted by Crippen LogP contribution is 2.21. The first kappa shape index (κ1) is 11.5. The fourth-order valence-electron chi connectivity index (χ4n) is 2.76. The van der Waals surface area contributed by atoms with Gasteiger partial charge in [-0.15, -0.1) is 0 Å². The summed E-state index contributed by atoms with van der Waals surface area (Å²) in [6.07, 6.45) is 5.62. The Hall–Kier alpha value is -1.57. The van der Waals surface area contributed by atoms with E-state index in [9.17, 15) is 0 Å². The average Bonchev–Trinajstić information content (AvgIpc) is 2.73. The van der Waals surface area contributed by atoms with Gasteiger partial charge in [0.15, 0.2) is 0 Å². The summed E-state index contributed by atoms with van der Waals surface area (Å²) in [5, 5.41) is 0. The molecule has 94 valence electrons. The van der Waals surface area contributed by atoms with E-state index in [0.29, 0.717) is 0 Å². The molecule has 2 aromatic rings. The Morgan fingerprint density at radius 3 is 3.00 bits per heavy atom. The van der Waals surface area contributed by atoms with Gasteiger partial charge < -0.3 is 4.57 Å². The van der Waals surface area contributed by atoms with Crippen LogP contribution in [0.25, 0.3) is 0 Å². The summed E-state index contributed by atoms with van der Waals surface area (Å²) >= 11 is 0. The number of aromatic nitrogens is 2. The van der Waals surface area contributed by atoms with Gasteiger partial charge >= 0.3 is 0 Å². The van der Waals surface area contributed by atoms with E-state index in [-0.39, 0.29) is 0 Å². The van der Waals surface area contributed by atoms with E-state index in [2.05, 4.69) is 48.9 Å². The lowest BCUT2D eigenvalue weighted by Gasteiger charge is -2.19. The number of benzene rings is 1. The monoisotopic (exact) mass is 240 g/mol. The second-order valence-electron chi connectivity index (χ2n) is 5.55. The summed E-state index contributed by atoms with van der Waals surface area (Å²) < 4.78 is 2.35. The molecule has 18 heavy (non-hydrogen) atoms. The Morgan fingerprint density at radius 2 is 2.17 bits per heavy atom. The summed E-state index contributed by atoms with van der Waals surface area (Å²) in [6, 6.07) is 8.59. The lowest BCUT2D eigenvalue weighted by molar-refractivity contribution is 0.394. The minimum Gasteiger partial charge on any atom is -0.334 e. The lowest BCUT2D eigenvalue weighted by Crippen LogP contribution is -2.17. The van der Waals surface area contributed by atoms with Crippen LogP contribution in [0.2, 0.25) is 0 Å². The maximum Gasteiger partial charge on any atom is 0.108 e. The predicted octanol–water partition coefficient (Wildman–Crippen LogP) is 3.36. The largest absolute Gasteiger partial charge is 0.334 e. The Balaban J connectivity index is 1.84. The molecule has 0 saturated carbocycles. The van der Waals surface area contributed by atoms with Crippen LogP contribution < -0.4 is 0 Å². The third-order valence-electron chi connectivity index (χ3n) is 3.91. The number of hydrogen-bond acceptors (Lipinski definition) is 1. The molecular formula is C16H20N2. The van der Waals surface area contributed by atoms with Gasteiger partial charge in [0.25, 0.3) is 0 Å². The molecule has 1 aromatic carbocycles. The fraction of sp³-hybridized carbons (Fsp3) is 0.438. The molecular weight excluding hydrogens is 220 g/mol. The topological polar surface area (TPSA) is 17.8 Å². The van der Waals surface area contributed by atoms with Crippen molar-refractivity contribution in [2.24, 2.45) is 5.92 Å². The van der Waals surface area contributed by atoms with Crippen LogP contribution in [0.3, 0.4) is 0 Å². The van der Waals surface area contributed by atoms with Crippen molar-refractivity contribution in [2.75, 3.05) is 0 Å². The molecule has 0 saturated heterocycles. The standard InChI is InChI=1S/C16H20N2/c1-12-7-8-16-17-15(11-18(16)10-12)9-14-6-4-3-5-13(14)2/h3-6,11-12H,7-10H2,1-2H3. The summed E-state index contributed by atoms with van der Waals surface area (Å²) in [4.78, 5) is 4.78. The Kier molecular flexibility index (Phi) is 2.94. The highest BCUT2D eigenvalue weighted by molar-refractivity contribution is 5.29. The van der Waals surface area contributed by atoms with Crippen molar-refractivity contribution in [3.05, 3.63) is 53.1 Å². The van der Waals surface area contributed by atoms with E-state index in [1.165, 1.54) is 29.1 Å². The van der Waals surface area contributed by atoms with Gasteiger partial charge in [0, 0.05) is 25.6 Å². The Bertz CT molecular complexity index is 554. The van der Waals surface area contributed by atoms with Crippen LogP contribution in [-0.4, -0.2) is 9.55 Å². The predicted molar refractivity (Wildman–Crippen MR) is 73.7 cm³/mol. The van der Waals surface area contributed by atoms with Crippen molar-refractivity contribution in [3.63, 3.8) is 0 Å². The molecule has 0 aliphatic carbocycles. The maximum absolute atomic E-state index is 4.78. The van der Waals surface area contributed by atoms with Crippen LogP contribution in [0.1, 0.15) is 36.0 Å². The number of aryl methyl sites for hydroxylation is 2. The van der Waals surface area contributed by atoms with Gasteiger partial charge in [-0.3, -0.25) is 0 Å². The smallest absolute Gasteiger partial charge is 0.108 e. The molecule has 0 N–H and O–H groups in total. The first-order chi connectivity index (χ1) is 8.72. The molecule has 2 nitrogen and oxygen atoms in total. The molecule has 2 heteroatoms. The summed E-state index contributed by atoms with van der Waals surface area (Å²) in [7, 11) is 0. The molecule has 0 spiro atoms. The molecule has 0 fully saturated rings. The van der Waals surface area contributed by atoms with Crippen molar-refractivity contribution in [3.8, 4) is 0 Å². The van der Waals surface area contributed by atoms with Crippen molar-refractivity contribution in [2.45, 2.75) is 39.7 Å². The zero-order valence-corrected chi connectivity index (χ0v) is 11.2. The zero-order valence-electron chi connectivity index (χ0n) is 11.2. The summed E-state index contributed by atoms with van der Waals surface area (Å²) in [5.41, 5.74) is 3.96. The molecule has 1 aliphatic rings. The molecule has 0 amide bonds. The van der Waals surface area contributed by atoms with E-state index >= 15 is 0 Å². The van der Waals surface area contributed by atoms with Gasteiger partial charge in [0.1, 0.15) is 5.82 Å². The van der Waals surface area contributed by atoms with Gasteiger partial charge in [-0.05, 0) is 30.4 Å². The van der Waals surface area contributed by atoms with Crippen LogP contribution in [0.5, 0.6) is 0 Å². The van der Waals surface area contributed by atoms with Crippen molar-refractivity contribution >= 4 is 0 Å². The third-order valence-corrected chi connectivity index (χ3v) is 3.91. The van der Waals surface area contributed by atoms with Crippen LogP contribution in [0.15, 0.2) is 30.5 Å². The van der Waals surface area contributed by atoms with Gasteiger partial charge in [0.05, 0.1) is 5.69 Å². The van der Waals surface area contributed by atoms with Crippen LogP contribution in [-0.2, 0) is 19.4 Å². The molecule has 1 unspecified atom stereocenters. The number of imidazole rings is 1. The number of rotatable bonds is 2. The normalized spacial score (nSPS) is 18.7. The van der Waals surface area contributed by atoms with Crippen molar-refractivity contribution < 1.29 is 0 Å². The van der Waals surface area contributed by atoms with E-state index in [0.717, 1.165) is 25.3 Å². The lowest BCUT2D eigenvalue weighted by atomic mass is 10.0. The summed E-state index contributed by atoms with van der Waals surface area (Å²) in [6.45, 7) is 5.63. The molecule has 0 bridgehead atoms. The maximum atomic E-state index is 4.78. The van der Waals surface area contributed by atoms with Gasteiger partial charge in [-0.1, -0.05) is 31.2 Å². The highest BCUT2D eigenvalue weighted by atomic mass is 15.1. The number of hydrogen-bond donors (Lipinski definition) is 0. The molecule has 1 aromatic heterocycles. The van der Waals surface area contributed by atoms with E-state index in [1.807, 2.05) is 0 Å². The minimum absolute atomic E-state index is 0.790. The summed E-state index contributed by atoms with van der Waals surface area (Å²) in [5.74, 6) is 2.06. The SMILES string of the molecule is Cc1ccccc1Cc1cn2c(n1)CCC(C)C2. The second-order valence-corrected chi connectivity index (χ2v) is 5.55.